The Morgan fingerprint density at radius 1 is 0.386 bits per heavy atom. The van der Waals surface area contributed by atoms with Gasteiger partial charge in [-0.3, -0.25) is 9.97 Å². The SMILES string of the molecule is CC1Cc2c(c(-c3ccc(-c4ccccn4)cc3)c3ccccc3c2-c2ccc(-c3ccccn3)cc2)C=C1c1cc(-c2ccccc2)cc(-c2ccccc2)c1. The Hall–Kier alpha value is -7.16. The van der Waals surface area contributed by atoms with Crippen LogP contribution in [-0.4, -0.2) is 9.97 Å². The fraction of sp³-hybridized carbons (Fsp3) is 0.0545. The molecule has 0 aliphatic heterocycles. The summed E-state index contributed by atoms with van der Waals surface area (Å²) in [5.74, 6) is 0.277. The summed E-state index contributed by atoms with van der Waals surface area (Å²) in [5, 5.41) is 2.52. The van der Waals surface area contributed by atoms with Crippen LogP contribution in [0.4, 0.5) is 0 Å². The molecular formula is C55H40N2. The van der Waals surface area contributed by atoms with Gasteiger partial charge in [0.25, 0.3) is 0 Å². The largest absolute Gasteiger partial charge is 0.256 e. The van der Waals surface area contributed by atoms with Gasteiger partial charge in [0.15, 0.2) is 0 Å². The van der Waals surface area contributed by atoms with E-state index in [2.05, 4.69) is 187 Å². The number of pyridine rings is 2. The van der Waals surface area contributed by atoms with Gasteiger partial charge in [-0.1, -0.05) is 153 Å². The van der Waals surface area contributed by atoms with Crippen LogP contribution in [0.3, 0.4) is 0 Å². The van der Waals surface area contributed by atoms with Crippen LogP contribution in [0, 0.1) is 5.92 Å². The number of hydrogen-bond acceptors (Lipinski definition) is 2. The maximum atomic E-state index is 4.64. The van der Waals surface area contributed by atoms with Gasteiger partial charge in [0.05, 0.1) is 11.4 Å². The van der Waals surface area contributed by atoms with E-state index < -0.39 is 0 Å². The van der Waals surface area contributed by atoms with Crippen LogP contribution in [0.2, 0.25) is 0 Å². The summed E-state index contributed by atoms with van der Waals surface area (Å²) in [6.45, 7) is 2.40. The zero-order valence-electron chi connectivity index (χ0n) is 31.8. The Bertz CT molecular complexity index is 2820. The molecule has 57 heavy (non-hydrogen) atoms. The van der Waals surface area contributed by atoms with Gasteiger partial charge in [0.2, 0.25) is 0 Å². The molecule has 0 radical (unpaired) electrons. The van der Waals surface area contributed by atoms with Crippen molar-refractivity contribution in [3.63, 3.8) is 0 Å². The number of hydrogen-bond donors (Lipinski definition) is 0. The van der Waals surface area contributed by atoms with Crippen molar-refractivity contribution in [2.75, 3.05) is 0 Å². The second-order valence-corrected chi connectivity index (χ2v) is 15.0. The highest BCUT2D eigenvalue weighted by atomic mass is 14.7. The predicted molar refractivity (Wildman–Crippen MR) is 239 cm³/mol. The maximum absolute atomic E-state index is 4.64. The first-order valence-corrected chi connectivity index (χ1v) is 19.8. The molecule has 0 bridgehead atoms. The number of fused-ring (bicyclic) bond motifs is 2. The Labute approximate surface area is 334 Å². The van der Waals surface area contributed by atoms with Gasteiger partial charge in [0, 0.05) is 23.5 Å². The zero-order chi connectivity index (χ0) is 38.1. The van der Waals surface area contributed by atoms with Crippen molar-refractivity contribution in [3.05, 3.63) is 217 Å². The molecule has 2 heteroatoms. The predicted octanol–water partition coefficient (Wildman–Crippen LogP) is 14.4. The first-order valence-electron chi connectivity index (χ1n) is 19.8. The Morgan fingerprint density at radius 3 is 1.33 bits per heavy atom. The topological polar surface area (TPSA) is 25.8 Å². The van der Waals surface area contributed by atoms with E-state index in [1.807, 2.05) is 36.7 Å². The highest BCUT2D eigenvalue weighted by Gasteiger charge is 2.28. The molecule has 2 nitrogen and oxygen atoms in total. The number of aromatic nitrogens is 2. The van der Waals surface area contributed by atoms with E-state index in [4.69, 9.17) is 0 Å². The fourth-order valence-corrected chi connectivity index (χ4v) is 8.68. The highest BCUT2D eigenvalue weighted by Crippen LogP contribution is 2.49. The Morgan fingerprint density at radius 2 is 0.825 bits per heavy atom. The van der Waals surface area contributed by atoms with Crippen molar-refractivity contribution in [1.29, 1.82) is 0 Å². The lowest BCUT2D eigenvalue weighted by atomic mass is 9.74. The lowest BCUT2D eigenvalue weighted by Gasteiger charge is -2.30. The zero-order valence-corrected chi connectivity index (χ0v) is 31.8. The van der Waals surface area contributed by atoms with Crippen LogP contribution in [0.5, 0.6) is 0 Å². The van der Waals surface area contributed by atoms with Crippen LogP contribution in [0.15, 0.2) is 200 Å². The third-order valence-corrected chi connectivity index (χ3v) is 11.5. The summed E-state index contributed by atoms with van der Waals surface area (Å²) in [6, 6.07) is 67.8. The highest BCUT2D eigenvalue weighted by molar-refractivity contribution is 6.12. The molecule has 0 saturated carbocycles. The van der Waals surface area contributed by atoms with Crippen LogP contribution in [0.1, 0.15) is 23.6 Å². The van der Waals surface area contributed by atoms with Crippen molar-refractivity contribution >= 4 is 22.4 Å². The lowest BCUT2D eigenvalue weighted by Crippen LogP contribution is -2.12. The molecule has 0 spiro atoms. The van der Waals surface area contributed by atoms with Gasteiger partial charge >= 0.3 is 0 Å². The molecule has 10 rings (SSSR count). The van der Waals surface area contributed by atoms with Crippen molar-refractivity contribution in [2.24, 2.45) is 5.92 Å². The smallest absolute Gasteiger partial charge is 0.0701 e. The molecule has 1 aliphatic carbocycles. The molecule has 0 fully saturated rings. The van der Waals surface area contributed by atoms with Crippen LogP contribution >= 0.6 is 0 Å². The molecule has 0 amide bonds. The van der Waals surface area contributed by atoms with E-state index in [1.165, 1.54) is 77.5 Å². The fourth-order valence-electron chi connectivity index (χ4n) is 8.68. The summed E-state index contributed by atoms with van der Waals surface area (Å²) >= 11 is 0. The number of allylic oxidation sites excluding steroid dienone is 1. The second-order valence-electron chi connectivity index (χ2n) is 15.0. The quantitative estimate of drug-likeness (QED) is 0.163. The maximum Gasteiger partial charge on any atom is 0.0701 e. The summed E-state index contributed by atoms with van der Waals surface area (Å²) < 4.78 is 0. The monoisotopic (exact) mass is 728 g/mol. The van der Waals surface area contributed by atoms with Gasteiger partial charge < -0.3 is 0 Å². The van der Waals surface area contributed by atoms with E-state index in [0.29, 0.717) is 0 Å². The molecule has 2 heterocycles. The van der Waals surface area contributed by atoms with Gasteiger partial charge in [-0.05, 0) is 138 Å². The summed E-state index contributed by atoms with van der Waals surface area (Å²) in [5.41, 5.74) is 19.4. The average molecular weight is 729 g/mol. The van der Waals surface area contributed by atoms with Crippen molar-refractivity contribution < 1.29 is 0 Å². The van der Waals surface area contributed by atoms with E-state index in [9.17, 15) is 0 Å². The van der Waals surface area contributed by atoms with Crippen LogP contribution < -0.4 is 0 Å². The number of benzene rings is 7. The molecule has 270 valence electrons. The van der Waals surface area contributed by atoms with Gasteiger partial charge in [-0.15, -0.1) is 0 Å². The third kappa shape index (κ3) is 6.56. The molecular weight excluding hydrogens is 689 g/mol. The van der Waals surface area contributed by atoms with Gasteiger partial charge in [-0.25, -0.2) is 0 Å². The minimum absolute atomic E-state index is 0.277. The van der Waals surface area contributed by atoms with Crippen LogP contribution in [-0.2, 0) is 6.42 Å². The minimum Gasteiger partial charge on any atom is -0.256 e. The summed E-state index contributed by atoms with van der Waals surface area (Å²) in [7, 11) is 0. The normalized spacial score (nSPS) is 13.6. The van der Waals surface area contributed by atoms with E-state index >= 15 is 0 Å². The Kier molecular flexibility index (Phi) is 8.93. The average Bonchev–Trinajstić information content (AvgIpc) is 3.29. The van der Waals surface area contributed by atoms with Gasteiger partial charge in [-0.2, -0.15) is 0 Å². The van der Waals surface area contributed by atoms with Crippen molar-refractivity contribution in [3.8, 4) is 67.0 Å². The first-order chi connectivity index (χ1) is 28.2. The number of nitrogens with zero attached hydrogens (tertiary/aromatic N) is 2. The van der Waals surface area contributed by atoms with Crippen molar-refractivity contribution in [2.45, 2.75) is 13.3 Å². The molecule has 9 aromatic rings. The lowest BCUT2D eigenvalue weighted by molar-refractivity contribution is 0.739. The molecule has 1 unspecified atom stereocenters. The first kappa shape index (κ1) is 34.3. The van der Waals surface area contributed by atoms with Gasteiger partial charge in [0.1, 0.15) is 0 Å². The van der Waals surface area contributed by atoms with Crippen molar-refractivity contribution in [1.82, 2.24) is 9.97 Å². The standard InChI is InChI=1S/C55H40N2/c1-37-32-50-51(36-49(37)46-34-44(38-14-4-2-5-15-38)33-45(35-46)39-16-6-3-7-17-39)55(43-28-24-41(25-29-43)53-21-11-13-31-57-53)48-19-9-8-18-47(48)54(50)42-26-22-40(23-27-42)52-20-10-12-30-56-52/h2-31,33-37H,32H2,1H3. The second kappa shape index (κ2) is 14.8. The molecule has 7 aromatic carbocycles. The van der Waals surface area contributed by atoms with E-state index in [0.717, 1.165) is 28.9 Å². The Balaban J connectivity index is 1.21. The molecule has 1 atom stereocenters. The molecule has 0 N–H and O–H groups in total. The molecule has 1 aliphatic rings. The van der Waals surface area contributed by atoms with E-state index in [1.54, 1.807) is 0 Å². The number of rotatable bonds is 7. The molecule has 2 aromatic heterocycles. The third-order valence-electron chi connectivity index (χ3n) is 11.5. The van der Waals surface area contributed by atoms with Crippen LogP contribution in [0.25, 0.3) is 89.4 Å². The summed E-state index contributed by atoms with van der Waals surface area (Å²) in [4.78, 5) is 9.27. The molecule has 0 saturated heterocycles. The summed E-state index contributed by atoms with van der Waals surface area (Å²) in [6.07, 6.45) is 7.15. The van der Waals surface area contributed by atoms with E-state index in [-0.39, 0.29) is 5.92 Å². The minimum atomic E-state index is 0.277.